The third-order valence-electron chi connectivity index (χ3n) is 4.99. The standard InChI is InChI=1S/C23H21Cl2N5O2/c1-15-19(16(2)30(27-15)18-6-4-3-5-7-18)13-26-23(31)21-10-11-29(28-21)14-32-22-9-8-17(24)12-20(22)25/h3-12H,13-14H2,1-2H3,(H,26,31). The SMILES string of the molecule is Cc1nn(-c2ccccc2)c(C)c1CNC(=O)c1ccn(COc2ccc(Cl)cc2Cl)n1. The normalized spacial score (nSPS) is 10.9. The average molecular weight is 470 g/mol. The number of ether oxygens (including phenoxy) is 1. The third kappa shape index (κ3) is 4.79. The van der Waals surface area contributed by atoms with Gasteiger partial charge in [0.25, 0.3) is 5.91 Å². The molecule has 0 saturated carbocycles. The van der Waals surface area contributed by atoms with Crippen LogP contribution in [-0.2, 0) is 13.3 Å². The second kappa shape index (κ2) is 9.46. The summed E-state index contributed by atoms with van der Waals surface area (Å²) in [6.07, 6.45) is 1.67. The molecule has 0 aliphatic carbocycles. The first-order valence-electron chi connectivity index (χ1n) is 9.92. The van der Waals surface area contributed by atoms with E-state index in [0.29, 0.717) is 28.0 Å². The first-order valence-corrected chi connectivity index (χ1v) is 10.7. The number of rotatable bonds is 7. The lowest BCUT2D eigenvalue weighted by Gasteiger charge is -2.08. The van der Waals surface area contributed by atoms with Gasteiger partial charge in [-0.1, -0.05) is 41.4 Å². The van der Waals surface area contributed by atoms with E-state index in [1.807, 2.05) is 48.9 Å². The summed E-state index contributed by atoms with van der Waals surface area (Å²) >= 11 is 12.0. The van der Waals surface area contributed by atoms with Gasteiger partial charge >= 0.3 is 0 Å². The molecular weight excluding hydrogens is 449 g/mol. The number of hydrogen-bond donors (Lipinski definition) is 1. The summed E-state index contributed by atoms with van der Waals surface area (Å²) in [6, 6.07) is 16.5. The molecular formula is C23H21Cl2N5O2. The fraction of sp³-hybridized carbons (Fsp3) is 0.174. The first-order chi connectivity index (χ1) is 15.4. The summed E-state index contributed by atoms with van der Waals surface area (Å²) < 4.78 is 9.04. The van der Waals surface area contributed by atoms with Crippen LogP contribution in [0.15, 0.2) is 60.8 Å². The number of hydrogen-bond acceptors (Lipinski definition) is 4. The van der Waals surface area contributed by atoms with Gasteiger partial charge in [-0.2, -0.15) is 10.2 Å². The molecule has 0 atom stereocenters. The Hall–Kier alpha value is -3.29. The molecule has 0 fully saturated rings. The quantitative estimate of drug-likeness (QED) is 0.415. The monoisotopic (exact) mass is 469 g/mol. The molecule has 7 nitrogen and oxygen atoms in total. The highest BCUT2D eigenvalue weighted by molar-refractivity contribution is 6.35. The predicted molar refractivity (Wildman–Crippen MR) is 124 cm³/mol. The van der Waals surface area contributed by atoms with Gasteiger partial charge in [-0.3, -0.25) is 4.79 Å². The van der Waals surface area contributed by atoms with Crippen molar-refractivity contribution in [2.75, 3.05) is 0 Å². The number of halogens is 2. The van der Waals surface area contributed by atoms with Crippen molar-refractivity contribution >= 4 is 29.1 Å². The molecule has 9 heteroatoms. The zero-order valence-electron chi connectivity index (χ0n) is 17.5. The molecule has 4 rings (SSSR count). The smallest absolute Gasteiger partial charge is 0.272 e. The van der Waals surface area contributed by atoms with Crippen LogP contribution in [-0.4, -0.2) is 25.5 Å². The van der Waals surface area contributed by atoms with Gasteiger partial charge in [0.1, 0.15) is 11.4 Å². The van der Waals surface area contributed by atoms with Crippen molar-refractivity contribution in [1.82, 2.24) is 24.9 Å². The largest absolute Gasteiger partial charge is 0.470 e. The molecule has 164 valence electrons. The maximum Gasteiger partial charge on any atom is 0.272 e. The van der Waals surface area contributed by atoms with Crippen LogP contribution in [0.3, 0.4) is 0 Å². The molecule has 0 spiro atoms. The number of carbonyl (C=O) groups is 1. The molecule has 0 aliphatic rings. The van der Waals surface area contributed by atoms with E-state index >= 15 is 0 Å². The van der Waals surface area contributed by atoms with Crippen molar-refractivity contribution in [3.63, 3.8) is 0 Å². The van der Waals surface area contributed by atoms with Gasteiger partial charge in [0.15, 0.2) is 6.73 Å². The second-order valence-electron chi connectivity index (χ2n) is 7.17. The minimum absolute atomic E-state index is 0.108. The fourth-order valence-electron chi connectivity index (χ4n) is 3.29. The summed E-state index contributed by atoms with van der Waals surface area (Å²) in [5.74, 6) is 0.207. The van der Waals surface area contributed by atoms with Crippen molar-refractivity contribution in [3.8, 4) is 11.4 Å². The van der Waals surface area contributed by atoms with Gasteiger partial charge < -0.3 is 10.1 Å². The van der Waals surface area contributed by atoms with E-state index in [9.17, 15) is 4.79 Å². The van der Waals surface area contributed by atoms with Gasteiger partial charge in [-0.05, 0) is 50.2 Å². The van der Waals surface area contributed by atoms with Crippen LogP contribution in [0.1, 0.15) is 27.4 Å². The molecule has 2 aromatic carbocycles. The molecule has 0 aliphatic heterocycles. The number of para-hydroxylation sites is 1. The van der Waals surface area contributed by atoms with E-state index in [1.165, 1.54) is 4.68 Å². The Balaban J connectivity index is 1.38. The van der Waals surface area contributed by atoms with Crippen LogP contribution in [0.25, 0.3) is 5.69 Å². The zero-order valence-corrected chi connectivity index (χ0v) is 19.1. The van der Waals surface area contributed by atoms with Crippen molar-refractivity contribution in [2.45, 2.75) is 27.1 Å². The fourth-order valence-corrected chi connectivity index (χ4v) is 3.76. The highest BCUT2D eigenvalue weighted by atomic mass is 35.5. The van der Waals surface area contributed by atoms with Crippen molar-refractivity contribution in [1.29, 1.82) is 0 Å². The average Bonchev–Trinajstić information content (AvgIpc) is 3.37. The van der Waals surface area contributed by atoms with Crippen molar-refractivity contribution < 1.29 is 9.53 Å². The van der Waals surface area contributed by atoms with E-state index < -0.39 is 0 Å². The molecule has 0 unspecified atom stereocenters. The third-order valence-corrected chi connectivity index (χ3v) is 5.52. The lowest BCUT2D eigenvalue weighted by Crippen LogP contribution is -2.24. The van der Waals surface area contributed by atoms with Crippen LogP contribution in [0.2, 0.25) is 10.0 Å². The Kier molecular flexibility index (Phi) is 6.48. The minimum atomic E-state index is -0.278. The van der Waals surface area contributed by atoms with E-state index in [1.54, 1.807) is 30.5 Å². The number of aryl methyl sites for hydroxylation is 1. The zero-order chi connectivity index (χ0) is 22.7. The van der Waals surface area contributed by atoms with E-state index in [4.69, 9.17) is 27.9 Å². The van der Waals surface area contributed by atoms with Crippen molar-refractivity contribution in [3.05, 3.63) is 93.5 Å². The van der Waals surface area contributed by atoms with E-state index in [-0.39, 0.29) is 12.6 Å². The van der Waals surface area contributed by atoms with Gasteiger partial charge in [-0.25, -0.2) is 9.36 Å². The van der Waals surface area contributed by atoms with Crippen LogP contribution in [0, 0.1) is 13.8 Å². The number of carbonyl (C=O) groups excluding carboxylic acids is 1. The van der Waals surface area contributed by atoms with Crippen molar-refractivity contribution in [2.24, 2.45) is 0 Å². The van der Waals surface area contributed by atoms with Crippen LogP contribution >= 0.6 is 23.2 Å². The Morgan fingerprint density at radius 2 is 1.84 bits per heavy atom. The molecule has 2 aromatic heterocycles. The summed E-state index contributed by atoms with van der Waals surface area (Å²) in [5, 5.41) is 12.7. The molecule has 1 amide bonds. The molecule has 4 aromatic rings. The lowest BCUT2D eigenvalue weighted by molar-refractivity contribution is 0.0943. The molecule has 0 bridgehead atoms. The van der Waals surface area contributed by atoms with E-state index in [2.05, 4.69) is 15.5 Å². The highest BCUT2D eigenvalue weighted by Crippen LogP contribution is 2.27. The Morgan fingerprint density at radius 3 is 2.59 bits per heavy atom. The molecule has 1 N–H and O–H groups in total. The summed E-state index contributed by atoms with van der Waals surface area (Å²) in [6.45, 7) is 4.38. The number of aromatic nitrogens is 4. The van der Waals surface area contributed by atoms with Gasteiger partial charge in [-0.15, -0.1) is 0 Å². The maximum atomic E-state index is 12.6. The second-order valence-corrected chi connectivity index (χ2v) is 8.01. The summed E-state index contributed by atoms with van der Waals surface area (Å²) in [5.41, 5.74) is 4.09. The predicted octanol–water partition coefficient (Wildman–Crippen LogP) is 4.96. The summed E-state index contributed by atoms with van der Waals surface area (Å²) in [4.78, 5) is 12.6. The van der Waals surface area contributed by atoms with Gasteiger partial charge in [0, 0.05) is 29.0 Å². The van der Waals surface area contributed by atoms with Crippen LogP contribution < -0.4 is 10.1 Å². The van der Waals surface area contributed by atoms with Gasteiger partial charge in [0.2, 0.25) is 0 Å². The Bertz CT molecular complexity index is 1250. The lowest BCUT2D eigenvalue weighted by atomic mass is 10.2. The molecule has 2 heterocycles. The highest BCUT2D eigenvalue weighted by Gasteiger charge is 2.15. The molecule has 0 saturated heterocycles. The van der Waals surface area contributed by atoms with Gasteiger partial charge in [0.05, 0.1) is 16.4 Å². The minimum Gasteiger partial charge on any atom is -0.470 e. The topological polar surface area (TPSA) is 74.0 Å². The van der Waals surface area contributed by atoms with Crippen LogP contribution in [0.4, 0.5) is 0 Å². The molecule has 32 heavy (non-hydrogen) atoms. The first kappa shape index (κ1) is 21.9. The van der Waals surface area contributed by atoms with E-state index in [0.717, 1.165) is 22.6 Å². The number of nitrogens with zero attached hydrogens (tertiary/aromatic N) is 4. The molecule has 0 radical (unpaired) electrons. The Morgan fingerprint density at radius 1 is 1.06 bits per heavy atom. The van der Waals surface area contributed by atoms with Crippen LogP contribution in [0.5, 0.6) is 5.75 Å². The number of nitrogens with one attached hydrogen (secondary N) is 1. The summed E-state index contributed by atoms with van der Waals surface area (Å²) in [7, 11) is 0. The number of amides is 1. The Labute approximate surface area is 195 Å². The number of benzene rings is 2. The maximum absolute atomic E-state index is 12.6.